The Morgan fingerprint density at radius 2 is 1.41 bits per heavy atom. The minimum atomic E-state index is -1.98. The van der Waals surface area contributed by atoms with Crippen molar-refractivity contribution in [2.45, 2.75) is 0 Å². The van der Waals surface area contributed by atoms with E-state index < -0.39 is 23.3 Å². The maximum Gasteiger partial charge on any atom is 0.328 e. The van der Waals surface area contributed by atoms with Gasteiger partial charge in [-0.3, -0.25) is 25.0 Å². The maximum atomic E-state index is 13.6. The van der Waals surface area contributed by atoms with Crippen LogP contribution < -0.4 is 10.6 Å². The Morgan fingerprint density at radius 1 is 0.781 bits per heavy atom. The fraction of sp³-hybridized carbons (Fsp3) is 0.0400. The molecule has 156 valence electrons. The highest BCUT2D eigenvalue weighted by atomic mass is 16.3. The van der Waals surface area contributed by atoms with Gasteiger partial charge in [0.05, 0.1) is 6.26 Å². The molecule has 0 atom stereocenters. The zero-order valence-corrected chi connectivity index (χ0v) is 16.6. The number of amides is 4. The number of furan rings is 1. The molecule has 7 nitrogen and oxygen atoms in total. The van der Waals surface area contributed by atoms with Crippen LogP contribution in [0.2, 0.25) is 0 Å². The molecule has 2 heterocycles. The van der Waals surface area contributed by atoms with Gasteiger partial charge in [0.25, 0.3) is 11.8 Å². The van der Waals surface area contributed by atoms with Crippen molar-refractivity contribution in [3.63, 3.8) is 0 Å². The van der Waals surface area contributed by atoms with Crippen LogP contribution in [0.25, 0.3) is 11.1 Å². The Kier molecular flexibility index (Phi) is 4.44. The molecule has 2 N–H and O–H groups in total. The standard InChI is InChI=1S/C25H16N2O5/c28-21(16-10-5-2-6-11-16)17-14-18(15-8-3-1-4-9-15)25(20(17)19-12-7-13-32-19)22(29)26-24(31)27-23(25)30/h1-14H,(H2,26,27,29,30,31). The van der Waals surface area contributed by atoms with E-state index >= 15 is 0 Å². The van der Waals surface area contributed by atoms with Crippen LogP contribution >= 0.6 is 0 Å². The summed E-state index contributed by atoms with van der Waals surface area (Å²) in [6.07, 6.45) is 2.93. The summed E-state index contributed by atoms with van der Waals surface area (Å²) < 4.78 is 5.58. The van der Waals surface area contributed by atoms with Crippen LogP contribution in [0.15, 0.2) is 95.1 Å². The van der Waals surface area contributed by atoms with Crippen molar-refractivity contribution in [1.29, 1.82) is 0 Å². The van der Waals surface area contributed by atoms with Crippen LogP contribution in [0.1, 0.15) is 21.7 Å². The van der Waals surface area contributed by atoms with Crippen molar-refractivity contribution in [3.05, 3.63) is 108 Å². The third-order valence-corrected chi connectivity index (χ3v) is 5.61. The Morgan fingerprint density at radius 3 is 2.00 bits per heavy atom. The molecule has 32 heavy (non-hydrogen) atoms. The molecule has 3 aromatic rings. The first-order valence-electron chi connectivity index (χ1n) is 9.86. The molecule has 1 spiro atoms. The van der Waals surface area contributed by atoms with Gasteiger partial charge in [0.1, 0.15) is 5.76 Å². The number of barbiturate groups is 1. The highest BCUT2D eigenvalue weighted by Gasteiger charge is 2.60. The average Bonchev–Trinajstić information content (AvgIpc) is 3.45. The number of hydrogen-bond acceptors (Lipinski definition) is 5. The number of benzene rings is 2. The minimum absolute atomic E-state index is 0.0951. The molecule has 0 radical (unpaired) electrons. The van der Waals surface area contributed by atoms with Crippen LogP contribution in [-0.4, -0.2) is 23.6 Å². The van der Waals surface area contributed by atoms with Crippen molar-refractivity contribution in [3.8, 4) is 0 Å². The van der Waals surface area contributed by atoms with Gasteiger partial charge in [-0.05, 0) is 29.3 Å². The van der Waals surface area contributed by atoms with Crippen molar-refractivity contribution in [1.82, 2.24) is 10.6 Å². The summed E-state index contributed by atoms with van der Waals surface area (Å²) in [6.45, 7) is 0. The van der Waals surface area contributed by atoms with Crippen molar-refractivity contribution >= 4 is 34.8 Å². The quantitative estimate of drug-likeness (QED) is 0.494. The molecule has 2 aliphatic rings. The van der Waals surface area contributed by atoms with Crippen molar-refractivity contribution in [2.24, 2.45) is 5.41 Å². The first-order valence-corrected chi connectivity index (χ1v) is 9.86. The molecule has 7 heteroatoms. The second kappa shape index (κ2) is 7.31. The van der Waals surface area contributed by atoms with Gasteiger partial charge in [0, 0.05) is 16.7 Å². The number of urea groups is 1. The maximum absolute atomic E-state index is 13.6. The lowest BCUT2D eigenvalue weighted by atomic mass is 9.70. The smallest absolute Gasteiger partial charge is 0.328 e. The van der Waals surface area contributed by atoms with Gasteiger partial charge in [-0.2, -0.15) is 0 Å². The van der Waals surface area contributed by atoms with Crippen LogP contribution in [0.4, 0.5) is 4.79 Å². The van der Waals surface area contributed by atoms with E-state index in [2.05, 4.69) is 10.6 Å². The molecular formula is C25H16N2O5. The number of ketones is 1. The normalized spacial score (nSPS) is 17.2. The van der Waals surface area contributed by atoms with E-state index in [1.165, 1.54) is 12.3 Å². The molecule has 0 unspecified atom stereocenters. The number of carbonyl (C=O) groups is 4. The van der Waals surface area contributed by atoms with E-state index in [9.17, 15) is 19.2 Å². The predicted octanol–water partition coefficient (Wildman–Crippen LogP) is 3.37. The number of rotatable bonds is 4. The zero-order valence-electron chi connectivity index (χ0n) is 16.6. The predicted molar refractivity (Wildman–Crippen MR) is 115 cm³/mol. The third kappa shape index (κ3) is 2.75. The lowest BCUT2D eigenvalue weighted by Gasteiger charge is -2.35. The van der Waals surface area contributed by atoms with E-state index in [-0.39, 0.29) is 28.3 Å². The van der Waals surface area contributed by atoms with Crippen LogP contribution in [-0.2, 0) is 9.59 Å². The molecule has 2 aromatic carbocycles. The van der Waals surface area contributed by atoms with Gasteiger partial charge >= 0.3 is 6.03 Å². The molecule has 5 rings (SSSR count). The average molecular weight is 424 g/mol. The highest BCUT2D eigenvalue weighted by Crippen LogP contribution is 2.54. The first kappa shape index (κ1) is 19.4. The summed E-state index contributed by atoms with van der Waals surface area (Å²) in [4.78, 5) is 52.3. The van der Waals surface area contributed by atoms with Crippen molar-refractivity contribution < 1.29 is 23.6 Å². The monoisotopic (exact) mass is 424 g/mol. The fourth-order valence-electron chi connectivity index (χ4n) is 4.24. The van der Waals surface area contributed by atoms with E-state index in [4.69, 9.17) is 4.42 Å². The number of allylic oxidation sites excluding steroid dienone is 2. The van der Waals surface area contributed by atoms with E-state index in [0.717, 1.165) is 0 Å². The van der Waals surface area contributed by atoms with Gasteiger partial charge in [-0.15, -0.1) is 0 Å². The summed E-state index contributed by atoms with van der Waals surface area (Å²) in [5.41, 5.74) is -0.506. The fourth-order valence-corrected chi connectivity index (χ4v) is 4.24. The molecule has 4 amide bonds. The lowest BCUT2D eigenvalue weighted by molar-refractivity contribution is -0.136. The third-order valence-electron chi connectivity index (χ3n) is 5.61. The van der Waals surface area contributed by atoms with Gasteiger partial charge in [-0.1, -0.05) is 60.7 Å². The second-order valence-corrected chi connectivity index (χ2v) is 7.37. The lowest BCUT2D eigenvalue weighted by Crippen LogP contribution is -2.62. The molecule has 1 fully saturated rings. The highest BCUT2D eigenvalue weighted by molar-refractivity contribution is 6.37. The summed E-state index contributed by atoms with van der Waals surface area (Å²) in [5.74, 6) is -1.88. The SMILES string of the molecule is O=C1NC(=O)C2(C(=O)N1)C(c1ccccc1)=CC(C(=O)c1ccccc1)=C2c1ccco1. The Hall–Kier alpha value is -4.52. The summed E-state index contributed by atoms with van der Waals surface area (Å²) >= 11 is 0. The van der Waals surface area contributed by atoms with Gasteiger partial charge < -0.3 is 4.42 Å². The summed E-state index contributed by atoms with van der Waals surface area (Å²) in [7, 11) is 0. The van der Waals surface area contributed by atoms with E-state index in [0.29, 0.717) is 11.1 Å². The molecule has 1 saturated heterocycles. The zero-order chi connectivity index (χ0) is 22.3. The molecule has 0 saturated carbocycles. The van der Waals surface area contributed by atoms with Gasteiger partial charge in [-0.25, -0.2) is 4.79 Å². The number of imide groups is 2. The Labute approximate surface area is 182 Å². The second-order valence-electron chi connectivity index (χ2n) is 7.37. The minimum Gasteiger partial charge on any atom is -0.465 e. The molecular weight excluding hydrogens is 408 g/mol. The Balaban J connectivity index is 1.84. The molecule has 1 aliphatic heterocycles. The van der Waals surface area contributed by atoms with Crippen LogP contribution in [0.3, 0.4) is 0 Å². The Bertz CT molecular complexity index is 1300. The molecule has 1 aromatic heterocycles. The topological polar surface area (TPSA) is 105 Å². The number of carbonyl (C=O) groups excluding carboxylic acids is 4. The largest absolute Gasteiger partial charge is 0.465 e. The number of Topliss-reactive ketones (excluding diaryl/α,β-unsaturated/α-hetero) is 1. The van der Waals surface area contributed by atoms with Gasteiger partial charge in [0.15, 0.2) is 11.2 Å². The summed E-state index contributed by atoms with van der Waals surface area (Å²) in [5, 5.41) is 4.39. The van der Waals surface area contributed by atoms with E-state index in [1.807, 2.05) is 0 Å². The van der Waals surface area contributed by atoms with Crippen molar-refractivity contribution in [2.75, 3.05) is 0 Å². The number of hydrogen-bond donors (Lipinski definition) is 2. The van der Waals surface area contributed by atoms with Gasteiger partial charge in [0.2, 0.25) is 0 Å². The first-order chi connectivity index (χ1) is 15.5. The van der Waals surface area contributed by atoms with E-state index in [1.54, 1.807) is 72.8 Å². The summed E-state index contributed by atoms with van der Waals surface area (Å²) in [6, 6.07) is 19.6. The van der Waals surface area contributed by atoms with Crippen LogP contribution in [0.5, 0.6) is 0 Å². The van der Waals surface area contributed by atoms with Crippen LogP contribution in [0, 0.1) is 5.41 Å². The number of nitrogens with one attached hydrogen (secondary N) is 2. The molecule has 0 bridgehead atoms. The molecule has 1 aliphatic carbocycles.